The molecule has 0 aromatic heterocycles. The molecule has 4 heteroatoms. The van der Waals surface area contributed by atoms with Gasteiger partial charge in [-0.25, -0.2) is 0 Å². The van der Waals surface area contributed by atoms with E-state index in [0.29, 0.717) is 13.2 Å². The van der Waals surface area contributed by atoms with Crippen molar-refractivity contribution in [1.82, 2.24) is 4.90 Å². The first-order valence-corrected chi connectivity index (χ1v) is 3.58. The fraction of sp³-hybridized carbons (Fsp3) is 0.714. The Balaban J connectivity index is 2.40. The van der Waals surface area contributed by atoms with Crippen LogP contribution in [-0.2, 0) is 9.53 Å². The van der Waals surface area contributed by atoms with E-state index in [9.17, 15) is 4.79 Å². The van der Waals surface area contributed by atoms with E-state index in [2.05, 4.69) is 0 Å². The van der Waals surface area contributed by atoms with Crippen LogP contribution in [-0.4, -0.2) is 37.1 Å². The quantitative estimate of drug-likeness (QED) is 0.386. The Morgan fingerprint density at radius 2 is 2.55 bits per heavy atom. The Labute approximate surface area is 65.4 Å². The number of nitriles is 1. The third-order valence-electron chi connectivity index (χ3n) is 1.53. The van der Waals surface area contributed by atoms with Crippen LogP contribution in [0.1, 0.15) is 6.42 Å². The normalized spacial score (nSPS) is 20.1. The summed E-state index contributed by atoms with van der Waals surface area (Å²) in [7, 11) is 0. The highest BCUT2D eigenvalue weighted by atomic mass is 16.5. The van der Waals surface area contributed by atoms with E-state index < -0.39 is 0 Å². The van der Waals surface area contributed by atoms with Gasteiger partial charge in [-0.3, -0.25) is 9.69 Å². The first kappa shape index (κ1) is 8.02. The van der Waals surface area contributed by atoms with E-state index in [-0.39, 0.29) is 12.5 Å². The number of ether oxygens (including phenoxy) is 1. The first-order valence-electron chi connectivity index (χ1n) is 3.58. The van der Waals surface area contributed by atoms with E-state index in [1.165, 1.54) is 0 Å². The van der Waals surface area contributed by atoms with Crippen LogP contribution < -0.4 is 0 Å². The Morgan fingerprint density at radius 3 is 3.27 bits per heavy atom. The number of nitrogens with zero attached hydrogens (tertiary/aromatic N) is 2. The molecule has 0 unspecified atom stereocenters. The van der Waals surface area contributed by atoms with Gasteiger partial charge in [-0.1, -0.05) is 0 Å². The van der Waals surface area contributed by atoms with Crippen molar-refractivity contribution >= 4 is 5.97 Å². The number of hydrogen-bond acceptors (Lipinski definition) is 4. The van der Waals surface area contributed by atoms with Crippen molar-refractivity contribution in [3.8, 4) is 6.07 Å². The molecular formula is C7H10N2O2. The van der Waals surface area contributed by atoms with Crippen molar-refractivity contribution in [1.29, 1.82) is 5.26 Å². The van der Waals surface area contributed by atoms with Gasteiger partial charge in [0.1, 0.15) is 0 Å². The Kier molecular flexibility index (Phi) is 2.87. The molecule has 0 aliphatic carbocycles. The molecule has 60 valence electrons. The molecule has 11 heavy (non-hydrogen) atoms. The molecule has 0 atom stereocenters. The van der Waals surface area contributed by atoms with Crippen LogP contribution in [0.3, 0.4) is 0 Å². The lowest BCUT2D eigenvalue weighted by Crippen LogP contribution is -2.29. The maximum atomic E-state index is 10.8. The summed E-state index contributed by atoms with van der Waals surface area (Å²) in [5.74, 6) is -0.224. The van der Waals surface area contributed by atoms with Crippen molar-refractivity contribution in [2.45, 2.75) is 6.42 Å². The monoisotopic (exact) mass is 154 g/mol. The third kappa shape index (κ3) is 2.56. The first-order chi connectivity index (χ1) is 5.33. The van der Waals surface area contributed by atoms with Gasteiger partial charge in [-0.15, -0.1) is 0 Å². The van der Waals surface area contributed by atoms with Gasteiger partial charge in [-0.05, 0) is 6.42 Å². The lowest BCUT2D eigenvalue weighted by atomic mass is 10.4. The van der Waals surface area contributed by atoms with E-state index >= 15 is 0 Å². The molecule has 0 aromatic carbocycles. The predicted octanol–water partition coefficient (Wildman–Crippen LogP) is -0.241. The second kappa shape index (κ2) is 3.94. The summed E-state index contributed by atoms with van der Waals surface area (Å²) in [6.07, 6.45) is 0.827. The third-order valence-corrected chi connectivity index (χ3v) is 1.53. The van der Waals surface area contributed by atoms with Gasteiger partial charge in [0.05, 0.1) is 25.8 Å². The lowest BCUT2D eigenvalue weighted by molar-refractivity contribution is -0.142. The van der Waals surface area contributed by atoms with E-state index in [1.54, 1.807) is 4.90 Å². The van der Waals surface area contributed by atoms with Crippen LogP contribution >= 0.6 is 0 Å². The number of hydrogen-bond donors (Lipinski definition) is 0. The van der Waals surface area contributed by atoms with Crippen LogP contribution in [0.15, 0.2) is 0 Å². The molecule has 0 bridgehead atoms. The van der Waals surface area contributed by atoms with Gasteiger partial charge in [0.2, 0.25) is 0 Å². The molecule has 0 saturated carbocycles. The molecular weight excluding hydrogens is 144 g/mol. The fourth-order valence-corrected chi connectivity index (χ4v) is 1.02. The Bertz CT molecular complexity index is 185. The van der Waals surface area contributed by atoms with Crippen LogP contribution in [0.4, 0.5) is 0 Å². The predicted molar refractivity (Wildman–Crippen MR) is 37.6 cm³/mol. The summed E-state index contributed by atoms with van der Waals surface area (Å²) in [5, 5.41) is 8.35. The minimum Gasteiger partial charge on any atom is -0.465 e. The summed E-state index contributed by atoms with van der Waals surface area (Å²) in [6.45, 7) is 1.84. The summed E-state index contributed by atoms with van der Waals surface area (Å²) in [6, 6.07) is 2.00. The second-order valence-electron chi connectivity index (χ2n) is 2.44. The Hall–Kier alpha value is -1.08. The zero-order chi connectivity index (χ0) is 8.10. The highest BCUT2D eigenvalue weighted by Gasteiger charge is 2.14. The second-order valence-corrected chi connectivity index (χ2v) is 2.44. The summed E-state index contributed by atoms with van der Waals surface area (Å²) >= 11 is 0. The summed E-state index contributed by atoms with van der Waals surface area (Å²) in [4.78, 5) is 12.6. The molecule has 1 rings (SSSR count). The average molecular weight is 154 g/mol. The van der Waals surface area contributed by atoms with Gasteiger partial charge in [0.15, 0.2) is 0 Å². The SMILES string of the molecule is N#CCN1CCCOC(=O)C1. The van der Waals surface area contributed by atoms with Crippen LogP contribution in [0, 0.1) is 11.3 Å². The number of carbonyl (C=O) groups is 1. The van der Waals surface area contributed by atoms with Gasteiger partial charge < -0.3 is 4.74 Å². The molecule has 1 fully saturated rings. The summed E-state index contributed by atoms with van der Waals surface area (Å²) < 4.78 is 4.79. The van der Waals surface area contributed by atoms with Crippen molar-refractivity contribution in [3.05, 3.63) is 0 Å². The highest BCUT2D eigenvalue weighted by Crippen LogP contribution is 1.98. The minimum absolute atomic E-state index is 0.224. The smallest absolute Gasteiger partial charge is 0.320 e. The lowest BCUT2D eigenvalue weighted by Gasteiger charge is -2.11. The van der Waals surface area contributed by atoms with E-state index in [0.717, 1.165) is 13.0 Å². The highest BCUT2D eigenvalue weighted by molar-refractivity contribution is 5.71. The molecule has 0 aromatic rings. The molecule has 1 heterocycles. The van der Waals surface area contributed by atoms with Gasteiger partial charge in [-0.2, -0.15) is 5.26 Å². The molecule has 1 aliphatic rings. The molecule has 0 N–H and O–H groups in total. The van der Waals surface area contributed by atoms with E-state index in [4.69, 9.17) is 10.00 Å². The molecule has 0 amide bonds. The van der Waals surface area contributed by atoms with Gasteiger partial charge in [0.25, 0.3) is 0 Å². The van der Waals surface area contributed by atoms with Crippen LogP contribution in [0.25, 0.3) is 0 Å². The molecule has 4 nitrogen and oxygen atoms in total. The zero-order valence-corrected chi connectivity index (χ0v) is 6.25. The van der Waals surface area contributed by atoms with Crippen molar-refractivity contribution < 1.29 is 9.53 Å². The van der Waals surface area contributed by atoms with Gasteiger partial charge >= 0.3 is 5.97 Å². The zero-order valence-electron chi connectivity index (χ0n) is 6.25. The molecule has 1 aliphatic heterocycles. The summed E-state index contributed by atoms with van der Waals surface area (Å²) in [5.41, 5.74) is 0. The van der Waals surface area contributed by atoms with Gasteiger partial charge in [0, 0.05) is 6.54 Å². The van der Waals surface area contributed by atoms with Crippen molar-refractivity contribution in [3.63, 3.8) is 0 Å². The van der Waals surface area contributed by atoms with Crippen LogP contribution in [0.2, 0.25) is 0 Å². The standard InChI is InChI=1S/C7H10N2O2/c8-2-4-9-3-1-5-11-7(10)6-9/h1,3-6H2. The minimum atomic E-state index is -0.224. The number of carbonyl (C=O) groups excluding carboxylic acids is 1. The fourth-order valence-electron chi connectivity index (χ4n) is 1.02. The maximum Gasteiger partial charge on any atom is 0.320 e. The molecule has 0 spiro atoms. The largest absolute Gasteiger partial charge is 0.465 e. The van der Waals surface area contributed by atoms with E-state index in [1.807, 2.05) is 6.07 Å². The van der Waals surface area contributed by atoms with Crippen LogP contribution in [0.5, 0.6) is 0 Å². The molecule has 1 saturated heterocycles. The Morgan fingerprint density at radius 1 is 1.73 bits per heavy atom. The maximum absolute atomic E-state index is 10.8. The number of esters is 1. The van der Waals surface area contributed by atoms with Crippen molar-refractivity contribution in [2.75, 3.05) is 26.2 Å². The number of cyclic esters (lactones) is 1. The average Bonchev–Trinajstić information content (AvgIpc) is 2.15. The topological polar surface area (TPSA) is 53.3 Å². The number of rotatable bonds is 1. The van der Waals surface area contributed by atoms with Crippen molar-refractivity contribution in [2.24, 2.45) is 0 Å². The molecule has 0 radical (unpaired) electrons.